The number of imidazole rings is 3. The van der Waals surface area contributed by atoms with Gasteiger partial charge in [-0.15, -0.1) is 0 Å². The zero-order valence-electron chi connectivity index (χ0n) is 18.4. The number of fused-ring (bicyclic) bond motifs is 6. The topological polar surface area (TPSA) is 75.2 Å². The summed E-state index contributed by atoms with van der Waals surface area (Å²) in [6.07, 6.45) is 7.52. The molecule has 0 aliphatic carbocycles. The number of H-pyrrole nitrogens is 2. The molecule has 0 amide bonds. The van der Waals surface area contributed by atoms with Gasteiger partial charge in [-0.25, -0.2) is 15.0 Å². The highest BCUT2D eigenvalue weighted by Gasteiger charge is 2.15. The van der Waals surface area contributed by atoms with Gasteiger partial charge >= 0.3 is 0 Å². The predicted molar refractivity (Wildman–Crippen MR) is 130 cm³/mol. The molecule has 0 radical (unpaired) electrons. The van der Waals surface area contributed by atoms with Gasteiger partial charge in [-0.2, -0.15) is 0 Å². The van der Waals surface area contributed by atoms with Gasteiger partial charge in [0.2, 0.25) is 0 Å². The summed E-state index contributed by atoms with van der Waals surface area (Å²) in [5.74, 6) is 2.00. The molecule has 0 aliphatic heterocycles. The van der Waals surface area contributed by atoms with Gasteiger partial charge in [-0.1, -0.05) is 38.1 Å². The third kappa shape index (κ3) is 2.76. The second kappa shape index (κ2) is 7.05. The smallest absolute Gasteiger partial charge is 0.106 e. The van der Waals surface area contributed by atoms with Crippen LogP contribution >= 0.6 is 0 Å². The van der Waals surface area contributed by atoms with Crippen LogP contribution in [0.1, 0.15) is 25.5 Å². The Morgan fingerprint density at radius 2 is 1.28 bits per heavy atom. The molecule has 3 aromatic carbocycles. The molecule has 6 heteroatoms. The van der Waals surface area contributed by atoms with E-state index in [-0.39, 0.29) is 0 Å². The molecule has 0 saturated heterocycles. The van der Waals surface area contributed by atoms with Crippen LogP contribution in [0.25, 0.3) is 55.1 Å². The molecule has 0 saturated carbocycles. The molecule has 0 bridgehead atoms. The van der Waals surface area contributed by atoms with Crippen molar-refractivity contribution in [2.24, 2.45) is 7.05 Å². The molecular formula is C26H24N6. The SMILES string of the molecule is CCc1ncc(-c2ccc3c4ccc(-c5cnc(CC)[nH]5)cc4c4c(ncn4C)c3c2)[nH]1. The highest BCUT2D eigenvalue weighted by Crippen LogP contribution is 2.37. The first-order valence-corrected chi connectivity index (χ1v) is 11.0. The number of benzene rings is 3. The molecule has 158 valence electrons. The van der Waals surface area contributed by atoms with Crippen LogP contribution in [-0.4, -0.2) is 29.5 Å². The maximum absolute atomic E-state index is 4.79. The largest absolute Gasteiger partial charge is 0.342 e. The van der Waals surface area contributed by atoms with Crippen LogP contribution in [0.3, 0.4) is 0 Å². The summed E-state index contributed by atoms with van der Waals surface area (Å²) in [5, 5.41) is 4.78. The Kier molecular flexibility index (Phi) is 4.15. The molecule has 6 nitrogen and oxygen atoms in total. The number of nitrogens with one attached hydrogen (secondary N) is 2. The summed E-state index contributed by atoms with van der Waals surface area (Å²) >= 11 is 0. The average molecular weight is 421 g/mol. The third-order valence-corrected chi connectivity index (χ3v) is 6.33. The van der Waals surface area contributed by atoms with Crippen molar-refractivity contribution >= 4 is 32.6 Å². The van der Waals surface area contributed by atoms with Gasteiger partial charge in [-0.3, -0.25) is 0 Å². The van der Waals surface area contributed by atoms with Crippen LogP contribution in [-0.2, 0) is 19.9 Å². The van der Waals surface area contributed by atoms with Gasteiger partial charge < -0.3 is 14.5 Å². The molecule has 0 fully saturated rings. The fourth-order valence-corrected chi connectivity index (χ4v) is 4.61. The summed E-state index contributed by atoms with van der Waals surface area (Å²) in [6.45, 7) is 4.21. The van der Waals surface area contributed by atoms with E-state index in [4.69, 9.17) is 4.98 Å². The van der Waals surface area contributed by atoms with Crippen LogP contribution in [0.15, 0.2) is 55.1 Å². The lowest BCUT2D eigenvalue weighted by atomic mass is 9.95. The quantitative estimate of drug-likeness (QED) is 0.355. The molecular weight excluding hydrogens is 396 g/mol. The Balaban J connectivity index is 1.62. The van der Waals surface area contributed by atoms with Crippen LogP contribution in [0, 0.1) is 0 Å². The Hall–Kier alpha value is -3.93. The summed E-state index contributed by atoms with van der Waals surface area (Å²) in [6, 6.07) is 13.2. The maximum Gasteiger partial charge on any atom is 0.106 e. The number of aromatic nitrogens is 6. The van der Waals surface area contributed by atoms with Crippen molar-refractivity contribution < 1.29 is 0 Å². The fourth-order valence-electron chi connectivity index (χ4n) is 4.61. The second-order valence-electron chi connectivity index (χ2n) is 8.27. The van der Waals surface area contributed by atoms with Crippen molar-refractivity contribution in [1.29, 1.82) is 0 Å². The Bertz CT molecular complexity index is 1610. The number of hydrogen-bond acceptors (Lipinski definition) is 3. The van der Waals surface area contributed by atoms with Gasteiger partial charge in [0.1, 0.15) is 11.6 Å². The summed E-state index contributed by atoms with van der Waals surface area (Å²) in [4.78, 5) is 20.6. The first kappa shape index (κ1) is 18.8. The van der Waals surface area contributed by atoms with Gasteiger partial charge in [0.15, 0.2) is 0 Å². The van der Waals surface area contributed by atoms with Crippen LogP contribution in [0.2, 0.25) is 0 Å². The molecule has 6 rings (SSSR count). The molecule has 3 aromatic heterocycles. The number of aryl methyl sites for hydroxylation is 3. The van der Waals surface area contributed by atoms with E-state index in [0.29, 0.717) is 0 Å². The lowest BCUT2D eigenvalue weighted by molar-refractivity contribution is 0.951. The standard InChI is InChI=1S/C26H24N6/c1-4-23-27-12-21(30-23)15-6-8-17-18-9-7-16(22-13-28-24(5-2)31-22)11-20(18)26-25(19(17)10-15)29-14-32(26)3/h6-14H,4-5H2,1-3H3,(H,27,30)(H,28,31). The minimum absolute atomic E-state index is 0.890. The predicted octanol–water partition coefficient (Wildman–Crippen LogP) is 5.78. The Morgan fingerprint density at radius 1 is 0.719 bits per heavy atom. The Labute approximate surface area is 185 Å². The van der Waals surface area contributed by atoms with Crippen molar-refractivity contribution in [3.63, 3.8) is 0 Å². The van der Waals surface area contributed by atoms with Crippen molar-refractivity contribution in [3.05, 3.63) is 66.8 Å². The highest BCUT2D eigenvalue weighted by molar-refractivity contribution is 6.24. The fraction of sp³-hybridized carbons (Fsp3) is 0.192. The lowest BCUT2D eigenvalue weighted by Gasteiger charge is -2.11. The van der Waals surface area contributed by atoms with E-state index >= 15 is 0 Å². The van der Waals surface area contributed by atoms with Crippen LogP contribution in [0.5, 0.6) is 0 Å². The van der Waals surface area contributed by atoms with Gasteiger partial charge in [0.05, 0.1) is 41.1 Å². The van der Waals surface area contributed by atoms with E-state index < -0.39 is 0 Å². The first-order valence-electron chi connectivity index (χ1n) is 11.0. The molecule has 6 aromatic rings. The van der Waals surface area contributed by atoms with E-state index in [1.807, 2.05) is 18.7 Å². The van der Waals surface area contributed by atoms with Crippen molar-refractivity contribution in [3.8, 4) is 22.5 Å². The van der Waals surface area contributed by atoms with Gasteiger partial charge in [0, 0.05) is 41.8 Å². The van der Waals surface area contributed by atoms with E-state index in [9.17, 15) is 0 Å². The molecule has 2 N–H and O–H groups in total. The molecule has 0 spiro atoms. The zero-order chi connectivity index (χ0) is 21.8. The highest BCUT2D eigenvalue weighted by atomic mass is 15.0. The van der Waals surface area contributed by atoms with E-state index in [2.05, 4.69) is 81.8 Å². The lowest BCUT2D eigenvalue weighted by Crippen LogP contribution is -1.90. The molecule has 0 atom stereocenters. The average Bonchev–Trinajstić information content (AvgIpc) is 3.58. The minimum atomic E-state index is 0.890. The van der Waals surface area contributed by atoms with Crippen molar-refractivity contribution in [1.82, 2.24) is 29.5 Å². The van der Waals surface area contributed by atoms with Crippen molar-refractivity contribution in [2.45, 2.75) is 26.7 Å². The number of rotatable bonds is 4. The van der Waals surface area contributed by atoms with E-state index in [1.165, 1.54) is 16.2 Å². The maximum atomic E-state index is 4.79. The van der Waals surface area contributed by atoms with E-state index in [0.717, 1.165) is 63.4 Å². The van der Waals surface area contributed by atoms with Crippen LogP contribution in [0.4, 0.5) is 0 Å². The first-order chi connectivity index (χ1) is 15.7. The zero-order valence-corrected chi connectivity index (χ0v) is 18.4. The number of nitrogens with zero attached hydrogens (tertiary/aromatic N) is 4. The molecule has 32 heavy (non-hydrogen) atoms. The van der Waals surface area contributed by atoms with Gasteiger partial charge in [-0.05, 0) is 22.9 Å². The number of aromatic amines is 2. The normalized spacial score (nSPS) is 11.8. The second-order valence-corrected chi connectivity index (χ2v) is 8.27. The molecule has 0 unspecified atom stereocenters. The number of hydrogen-bond donors (Lipinski definition) is 2. The summed E-state index contributed by atoms with van der Waals surface area (Å²) in [5.41, 5.74) is 6.49. The Morgan fingerprint density at radius 3 is 1.84 bits per heavy atom. The third-order valence-electron chi connectivity index (χ3n) is 6.33. The molecule has 0 aliphatic rings. The van der Waals surface area contributed by atoms with E-state index in [1.54, 1.807) is 0 Å². The molecule has 3 heterocycles. The van der Waals surface area contributed by atoms with Gasteiger partial charge in [0.25, 0.3) is 0 Å². The summed E-state index contributed by atoms with van der Waals surface area (Å²) in [7, 11) is 2.06. The monoisotopic (exact) mass is 420 g/mol. The minimum Gasteiger partial charge on any atom is -0.342 e. The van der Waals surface area contributed by atoms with Crippen LogP contribution < -0.4 is 0 Å². The van der Waals surface area contributed by atoms with Crippen molar-refractivity contribution in [2.75, 3.05) is 0 Å². The summed E-state index contributed by atoms with van der Waals surface area (Å²) < 4.78 is 2.11.